The van der Waals surface area contributed by atoms with Crippen molar-refractivity contribution < 1.29 is 13.2 Å². The Bertz CT molecular complexity index is 1170. The van der Waals surface area contributed by atoms with Crippen molar-refractivity contribution in [3.05, 3.63) is 65.3 Å². The van der Waals surface area contributed by atoms with Gasteiger partial charge in [0, 0.05) is 29.7 Å². The molecule has 1 fully saturated rings. The van der Waals surface area contributed by atoms with E-state index in [1.165, 1.54) is 12.1 Å². The highest BCUT2D eigenvalue weighted by Crippen LogP contribution is 2.28. The Morgan fingerprint density at radius 3 is 2.59 bits per heavy atom. The number of likely N-dealkylation sites (tertiary alicyclic amines) is 1. The third-order valence-electron chi connectivity index (χ3n) is 4.98. The van der Waals surface area contributed by atoms with Crippen LogP contribution in [0.25, 0.3) is 10.9 Å². The Hall–Kier alpha value is -2.64. The highest BCUT2D eigenvalue weighted by Gasteiger charge is 2.25. The summed E-state index contributed by atoms with van der Waals surface area (Å²) in [5.74, 6) is -0.199. The first-order valence-corrected chi connectivity index (χ1v) is 11.3. The molecule has 0 saturated carbocycles. The third-order valence-corrected chi connectivity index (χ3v) is 6.62. The molecular formula is C21H20ClN3O3S. The second kappa shape index (κ2) is 8.00. The van der Waals surface area contributed by atoms with Gasteiger partial charge in [0.1, 0.15) is 4.90 Å². The number of rotatable bonds is 4. The number of amides is 1. The molecule has 0 aliphatic carbocycles. The zero-order valence-electron chi connectivity index (χ0n) is 15.6. The predicted octanol–water partition coefficient (Wildman–Crippen LogP) is 4.32. The molecule has 1 aromatic heterocycles. The minimum atomic E-state index is -3.99. The van der Waals surface area contributed by atoms with Crippen molar-refractivity contribution in [1.82, 2.24) is 9.88 Å². The molecule has 1 N–H and O–H groups in total. The van der Waals surface area contributed by atoms with Crippen LogP contribution in [0.15, 0.2) is 59.6 Å². The maximum atomic E-state index is 13.2. The number of benzene rings is 2. The van der Waals surface area contributed by atoms with Crippen LogP contribution >= 0.6 is 11.6 Å². The van der Waals surface area contributed by atoms with Gasteiger partial charge in [-0.25, -0.2) is 8.42 Å². The molecule has 1 aliphatic heterocycles. The van der Waals surface area contributed by atoms with Gasteiger partial charge in [-0.2, -0.15) is 0 Å². The molecular weight excluding hydrogens is 410 g/mol. The van der Waals surface area contributed by atoms with Crippen LogP contribution in [-0.4, -0.2) is 37.3 Å². The highest BCUT2D eigenvalue weighted by molar-refractivity contribution is 7.93. The quantitative estimate of drug-likeness (QED) is 0.670. The zero-order chi connectivity index (χ0) is 20.4. The number of carbonyl (C=O) groups excluding carboxylic acids is 1. The van der Waals surface area contributed by atoms with Gasteiger partial charge in [-0.3, -0.25) is 14.5 Å². The number of para-hydroxylation sites is 1. The number of halogens is 1. The van der Waals surface area contributed by atoms with E-state index in [1.807, 2.05) is 0 Å². The SMILES string of the molecule is O=C(c1ccc(Cl)cc1NS(=O)(=O)c1cccc2cccnc12)N1CCCCC1. The molecule has 6 nitrogen and oxygen atoms in total. The summed E-state index contributed by atoms with van der Waals surface area (Å²) in [5.41, 5.74) is 0.822. The summed E-state index contributed by atoms with van der Waals surface area (Å²) < 4.78 is 28.9. The van der Waals surface area contributed by atoms with E-state index < -0.39 is 10.0 Å². The lowest BCUT2D eigenvalue weighted by atomic mass is 10.1. The van der Waals surface area contributed by atoms with Crippen LogP contribution in [-0.2, 0) is 10.0 Å². The average Bonchev–Trinajstić information content (AvgIpc) is 2.73. The first-order valence-electron chi connectivity index (χ1n) is 9.41. The molecule has 1 aliphatic rings. The van der Waals surface area contributed by atoms with E-state index in [-0.39, 0.29) is 22.1 Å². The van der Waals surface area contributed by atoms with Crippen molar-refractivity contribution in [2.45, 2.75) is 24.2 Å². The van der Waals surface area contributed by atoms with Crippen LogP contribution in [0.4, 0.5) is 5.69 Å². The van der Waals surface area contributed by atoms with Gasteiger partial charge in [0.15, 0.2) is 0 Å². The Morgan fingerprint density at radius 1 is 1.03 bits per heavy atom. The molecule has 2 heterocycles. The fraction of sp³-hybridized carbons (Fsp3) is 0.238. The standard InChI is InChI=1S/C21H20ClN3O3S/c22-16-9-10-17(21(26)25-12-2-1-3-13-25)18(14-16)24-29(27,28)19-8-4-6-15-7-5-11-23-20(15)19/h4-11,14,24H,1-3,12-13H2. The van der Waals surface area contributed by atoms with Gasteiger partial charge >= 0.3 is 0 Å². The van der Waals surface area contributed by atoms with Crippen molar-refractivity contribution in [2.24, 2.45) is 0 Å². The molecule has 1 amide bonds. The Morgan fingerprint density at radius 2 is 1.79 bits per heavy atom. The van der Waals surface area contributed by atoms with Crippen molar-refractivity contribution >= 4 is 44.1 Å². The third kappa shape index (κ3) is 4.06. The summed E-state index contributed by atoms with van der Waals surface area (Å²) in [7, 11) is -3.99. The van der Waals surface area contributed by atoms with Crippen LogP contribution in [0.1, 0.15) is 29.6 Å². The monoisotopic (exact) mass is 429 g/mol. The number of anilines is 1. The van der Waals surface area contributed by atoms with Gasteiger partial charge < -0.3 is 4.90 Å². The summed E-state index contributed by atoms with van der Waals surface area (Å²) in [6, 6.07) is 13.1. The number of fused-ring (bicyclic) bond motifs is 1. The molecule has 150 valence electrons. The summed E-state index contributed by atoms with van der Waals surface area (Å²) in [6.07, 6.45) is 4.54. The summed E-state index contributed by atoms with van der Waals surface area (Å²) in [4.78, 5) is 19.0. The fourth-order valence-corrected chi connectivity index (χ4v) is 4.97. The number of aromatic nitrogens is 1. The van der Waals surface area contributed by atoms with Gasteiger partial charge in [-0.05, 0) is 49.6 Å². The lowest BCUT2D eigenvalue weighted by Gasteiger charge is -2.27. The summed E-state index contributed by atoms with van der Waals surface area (Å²) in [5, 5.41) is 1.06. The first-order chi connectivity index (χ1) is 14.0. The molecule has 0 radical (unpaired) electrons. The van der Waals surface area contributed by atoms with Gasteiger partial charge in [0.25, 0.3) is 15.9 Å². The normalized spacial score (nSPS) is 14.7. The number of nitrogens with zero attached hydrogens (tertiary/aromatic N) is 2. The van der Waals surface area contributed by atoms with Crippen molar-refractivity contribution in [3.8, 4) is 0 Å². The zero-order valence-corrected chi connectivity index (χ0v) is 17.2. The van der Waals surface area contributed by atoms with Crippen LogP contribution < -0.4 is 4.72 Å². The van der Waals surface area contributed by atoms with Crippen molar-refractivity contribution in [2.75, 3.05) is 17.8 Å². The number of nitrogens with one attached hydrogen (secondary N) is 1. The first kappa shape index (κ1) is 19.7. The number of piperidine rings is 1. The maximum absolute atomic E-state index is 13.2. The molecule has 4 rings (SSSR count). The average molecular weight is 430 g/mol. The van der Waals surface area contributed by atoms with E-state index >= 15 is 0 Å². The number of carbonyl (C=O) groups is 1. The lowest BCUT2D eigenvalue weighted by Crippen LogP contribution is -2.36. The molecule has 0 atom stereocenters. The highest BCUT2D eigenvalue weighted by atomic mass is 35.5. The minimum absolute atomic E-state index is 0.0481. The molecule has 0 spiro atoms. The minimum Gasteiger partial charge on any atom is -0.339 e. The van der Waals surface area contributed by atoms with E-state index in [9.17, 15) is 13.2 Å². The second-order valence-corrected chi connectivity index (χ2v) is 9.07. The molecule has 29 heavy (non-hydrogen) atoms. The number of hydrogen-bond acceptors (Lipinski definition) is 4. The lowest BCUT2D eigenvalue weighted by molar-refractivity contribution is 0.0725. The topological polar surface area (TPSA) is 79.4 Å². The van der Waals surface area contributed by atoms with Crippen LogP contribution in [0.3, 0.4) is 0 Å². The summed E-state index contributed by atoms with van der Waals surface area (Å²) in [6.45, 7) is 1.34. The van der Waals surface area contributed by atoms with E-state index in [1.54, 1.807) is 47.5 Å². The van der Waals surface area contributed by atoms with Crippen LogP contribution in [0.2, 0.25) is 5.02 Å². The molecule has 8 heteroatoms. The molecule has 3 aromatic rings. The summed E-state index contributed by atoms with van der Waals surface area (Å²) >= 11 is 6.11. The van der Waals surface area contributed by atoms with E-state index in [0.29, 0.717) is 29.0 Å². The van der Waals surface area contributed by atoms with Gasteiger partial charge in [-0.15, -0.1) is 0 Å². The van der Waals surface area contributed by atoms with Crippen LogP contribution in [0.5, 0.6) is 0 Å². The molecule has 0 unspecified atom stereocenters. The number of hydrogen-bond donors (Lipinski definition) is 1. The molecule has 0 bridgehead atoms. The van der Waals surface area contributed by atoms with Crippen LogP contribution in [0, 0.1) is 0 Å². The van der Waals surface area contributed by atoms with Crippen molar-refractivity contribution in [1.29, 1.82) is 0 Å². The van der Waals surface area contributed by atoms with Crippen molar-refractivity contribution in [3.63, 3.8) is 0 Å². The maximum Gasteiger partial charge on any atom is 0.264 e. The Balaban J connectivity index is 1.73. The molecule has 2 aromatic carbocycles. The fourth-order valence-electron chi connectivity index (χ4n) is 3.55. The predicted molar refractivity (Wildman–Crippen MR) is 114 cm³/mol. The Kier molecular flexibility index (Phi) is 5.43. The number of pyridine rings is 1. The van der Waals surface area contributed by atoms with Gasteiger partial charge in [0.2, 0.25) is 0 Å². The number of sulfonamides is 1. The second-order valence-electron chi connectivity index (χ2n) is 6.98. The molecule has 1 saturated heterocycles. The Labute approximate surface area is 174 Å². The van der Waals surface area contributed by atoms with E-state index in [4.69, 9.17) is 11.6 Å². The van der Waals surface area contributed by atoms with E-state index in [2.05, 4.69) is 9.71 Å². The van der Waals surface area contributed by atoms with Gasteiger partial charge in [0.05, 0.1) is 16.8 Å². The smallest absolute Gasteiger partial charge is 0.264 e. The van der Waals surface area contributed by atoms with E-state index in [0.717, 1.165) is 19.3 Å². The van der Waals surface area contributed by atoms with Gasteiger partial charge in [-0.1, -0.05) is 29.8 Å². The largest absolute Gasteiger partial charge is 0.339 e.